The van der Waals surface area contributed by atoms with Crippen LogP contribution in [0.4, 0.5) is 10.2 Å². The second kappa shape index (κ2) is 5.09. The topological polar surface area (TPSA) is 33.4 Å². The second-order valence-corrected chi connectivity index (χ2v) is 5.99. The van der Waals surface area contributed by atoms with Gasteiger partial charge in [-0.2, -0.15) is 0 Å². The van der Waals surface area contributed by atoms with Crippen molar-refractivity contribution >= 4 is 11.5 Å². The molecule has 112 valence electrons. The first-order valence-corrected chi connectivity index (χ1v) is 7.53. The van der Waals surface area contributed by atoms with Gasteiger partial charge < -0.3 is 4.90 Å². The van der Waals surface area contributed by atoms with Crippen molar-refractivity contribution in [1.82, 2.24) is 14.6 Å². The molecule has 5 heteroatoms. The van der Waals surface area contributed by atoms with Gasteiger partial charge in [0.25, 0.3) is 0 Å². The van der Waals surface area contributed by atoms with Crippen LogP contribution in [-0.4, -0.2) is 21.1 Å². The molecule has 3 aromatic rings. The molecule has 1 fully saturated rings. The van der Waals surface area contributed by atoms with Crippen LogP contribution in [0.2, 0.25) is 0 Å². The fraction of sp³-hybridized carbons (Fsp3) is 0.294. The van der Waals surface area contributed by atoms with E-state index in [0.717, 1.165) is 30.0 Å². The van der Waals surface area contributed by atoms with E-state index in [1.165, 1.54) is 6.07 Å². The van der Waals surface area contributed by atoms with Crippen molar-refractivity contribution in [2.75, 3.05) is 11.4 Å². The minimum atomic E-state index is -0.185. The SMILES string of the molecule is C[C@H]1C[C@H](c2cccc(F)c2)N(c2ccc3nccn3n2)C1. The van der Waals surface area contributed by atoms with Crippen LogP contribution in [0.25, 0.3) is 5.65 Å². The highest BCUT2D eigenvalue weighted by Gasteiger charge is 2.32. The zero-order valence-corrected chi connectivity index (χ0v) is 12.4. The summed E-state index contributed by atoms with van der Waals surface area (Å²) in [5.74, 6) is 1.27. The van der Waals surface area contributed by atoms with Crippen molar-refractivity contribution in [3.8, 4) is 0 Å². The summed E-state index contributed by atoms with van der Waals surface area (Å²) in [4.78, 5) is 6.49. The summed E-state index contributed by atoms with van der Waals surface area (Å²) in [6.07, 6.45) is 4.59. The smallest absolute Gasteiger partial charge is 0.153 e. The van der Waals surface area contributed by atoms with Crippen LogP contribution < -0.4 is 4.90 Å². The molecule has 0 unspecified atom stereocenters. The maximum atomic E-state index is 13.6. The molecule has 4 nitrogen and oxygen atoms in total. The highest BCUT2D eigenvalue weighted by molar-refractivity contribution is 5.48. The zero-order valence-electron chi connectivity index (χ0n) is 12.4. The third-order valence-electron chi connectivity index (χ3n) is 4.28. The molecule has 1 saturated heterocycles. The predicted octanol–water partition coefficient (Wildman–Crippen LogP) is 3.46. The first kappa shape index (κ1) is 13.2. The molecule has 2 atom stereocenters. The standard InChI is InChI=1S/C17H17FN4/c1-12-9-15(13-3-2-4-14(18)10-13)21(11-12)17-6-5-16-19-7-8-22(16)20-17/h2-8,10,12,15H,9,11H2,1H3/t12-,15+/m0/s1. The lowest BCUT2D eigenvalue weighted by atomic mass is 10.0. The van der Waals surface area contributed by atoms with Crippen molar-refractivity contribution < 1.29 is 4.39 Å². The maximum absolute atomic E-state index is 13.6. The van der Waals surface area contributed by atoms with Gasteiger partial charge >= 0.3 is 0 Å². The Balaban J connectivity index is 1.74. The fourth-order valence-corrected chi connectivity index (χ4v) is 3.29. The summed E-state index contributed by atoms with van der Waals surface area (Å²) >= 11 is 0. The average molecular weight is 296 g/mol. The number of rotatable bonds is 2. The van der Waals surface area contributed by atoms with Gasteiger partial charge in [-0.15, -0.1) is 5.10 Å². The van der Waals surface area contributed by atoms with Gasteiger partial charge in [0.05, 0.1) is 6.04 Å². The molecule has 1 aliphatic heterocycles. The molecule has 0 N–H and O–H groups in total. The molecular formula is C17H17FN4. The lowest BCUT2D eigenvalue weighted by Gasteiger charge is -2.26. The lowest BCUT2D eigenvalue weighted by Crippen LogP contribution is -2.24. The largest absolute Gasteiger partial charge is 0.348 e. The fourth-order valence-electron chi connectivity index (χ4n) is 3.29. The van der Waals surface area contributed by atoms with E-state index in [2.05, 4.69) is 21.9 Å². The van der Waals surface area contributed by atoms with E-state index in [4.69, 9.17) is 0 Å². The van der Waals surface area contributed by atoms with E-state index in [1.54, 1.807) is 22.8 Å². The molecule has 0 spiro atoms. The Kier molecular flexibility index (Phi) is 3.06. The van der Waals surface area contributed by atoms with Gasteiger partial charge in [0, 0.05) is 18.9 Å². The van der Waals surface area contributed by atoms with Crippen LogP contribution in [0.5, 0.6) is 0 Å². The number of hydrogen-bond acceptors (Lipinski definition) is 3. The van der Waals surface area contributed by atoms with Crippen molar-refractivity contribution in [3.63, 3.8) is 0 Å². The Morgan fingerprint density at radius 3 is 3.00 bits per heavy atom. The number of halogens is 1. The Hall–Kier alpha value is -2.43. The van der Waals surface area contributed by atoms with Crippen molar-refractivity contribution in [2.24, 2.45) is 5.92 Å². The Labute approximate surface area is 128 Å². The molecule has 0 amide bonds. The minimum Gasteiger partial charge on any atom is -0.348 e. The maximum Gasteiger partial charge on any atom is 0.153 e. The summed E-state index contributed by atoms with van der Waals surface area (Å²) in [5.41, 5.74) is 1.84. The van der Waals surface area contributed by atoms with Crippen LogP contribution in [0.3, 0.4) is 0 Å². The molecule has 0 radical (unpaired) electrons. The van der Waals surface area contributed by atoms with Gasteiger partial charge in [-0.1, -0.05) is 19.1 Å². The molecule has 1 aromatic carbocycles. The van der Waals surface area contributed by atoms with Gasteiger partial charge in [-0.3, -0.25) is 0 Å². The van der Waals surface area contributed by atoms with Crippen LogP contribution in [0.1, 0.15) is 24.9 Å². The number of aromatic nitrogens is 3. The van der Waals surface area contributed by atoms with Crippen molar-refractivity contribution in [2.45, 2.75) is 19.4 Å². The number of nitrogens with zero attached hydrogens (tertiary/aromatic N) is 4. The lowest BCUT2D eigenvalue weighted by molar-refractivity contribution is 0.602. The molecular weight excluding hydrogens is 279 g/mol. The molecule has 0 bridgehead atoms. The van der Waals surface area contributed by atoms with Gasteiger partial charge in [0.1, 0.15) is 11.6 Å². The number of benzene rings is 1. The van der Waals surface area contributed by atoms with Crippen LogP contribution in [0.15, 0.2) is 48.8 Å². The quantitative estimate of drug-likeness (QED) is 0.726. The van der Waals surface area contributed by atoms with Gasteiger partial charge in [0.2, 0.25) is 0 Å². The Morgan fingerprint density at radius 2 is 2.14 bits per heavy atom. The zero-order chi connectivity index (χ0) is 15.1. The molecule has 3 heterocycles. The number of fused-ring (bicyclic) bond motifs is 1. The highest BCUT2D eigenvalue weighted by atomic mass is 19.1. The van der Waals surface area contributed by atoms with Crippen molar-refractivity contribution in [3.05, 3.63) is 60.2 Å². The van der Waals surface area contributed by atoms with Gasteiger partial charge in [-0.05, 0) is 42.2 Å². The predicted molar refractivity (Wildman–Crippen MR) is 83.3 cm³/mol. The molecule has 0 saturated carbocycles. The highest BCUT2D eigenvalue weighted by Crippen LogP contribution is 2.38. The summed E-state index contributed by atoms with van der Waals surface area (Å²) in [5, 5.41) is 4.64. The number of imidazole rings is 1. The van der Waals surface area contributed by atoms with Crippen molar-refractivity contribution in [1.29, 1.82) is 0 Å². The summed E-state index contributed by atoms with van der Waals surface area (Å²) in [6, 6.07) is 11.0. The first-order chi connectivity index (χ1) is 10.7. The van der Waals surface area contributed by atoms with Crippen LogP contribution in [0, 0.1) is 11.7 Å². The molecule has 22 heavy (non-hydrogen) atoms. The normalized spacial score (nSPS) is 21.6. The molecule has 1 aliphatic rings. The minimum absolute atomic E-state index is 0.166. The van der Waals surface area contributed by atoms with E-state index in [0.29, 0.717) is 5.92 Å². The Morgan fingerprint density at radius 1 is 1.23 bits per heavy atom. The van der Waals surface area contributed by atoms with E-state index in [-0.39, 0.29) is 11.9 Å². The van der Waals surface area contributed by atoms with Gasteiger partial charge in [0.15, 0.2) is 5.65 Å². The number of hydrogen-bond donors (Lipinski definition) is 0. The van der Waals surface area contributed by atoms with E-state index < -0.39 is 0 Å². The van der Waals surface area contributed by atoms with Crippen LogP contribution in [-0.2, 0) is 0 Å². The van der Waals surface area contributed by atoms with E-state index in [1.807, 2.05) is 24.4 Å². The second-order valence-electron chi connectivity index (χ2n) is 5.99. The summed E-state index contributed by atoms with van der Waals surface area (Å²) < 4.78 is 15.3. The third kappa shape index (κ3) is 2.22. The third-order valence-corrected chi connectivity index (χ3v) is 4.28. The Bertz CT molecular complexity index is 813. The van der Waals surface area contributed by atoms with E-state index in [9.17, 15) is 4.39 Å². The molecule has 0 aliphatic carbocycles. The van der Waals surface area contributed by atoms with Gasteiger partial charge in [-0.25, -0.2) is 13.9 Å². The average Bonchev–Trinajstić information content (AvgIpc) is 3.12. The molecule has 4 rings (SSSR count). The first-order valence-electron chi connectivity index (χ1n) is 7.53. The summed E-state index contributed by atoms with van der Waals surface area (Å²) in [6.45, 7) is 3.15. The van der Waals surface area contributed by atoms with E-state index >= 15 is 0 Å². The molecule has 2 aromatic heterocycles. The van der Waals surface area contributed by atoms with Crippen LogP contribution >= 0.6 is 0 Å². The monoisotopic (exact) mass is 296 g/mol. The summed E-state index contributed by atoms with van der Waals surface area (Å²) in [7, 11) is 0. The number of anilines is 1.